The summed E-state index contributed by atoms with van der Waals surface area (Å²) >= 11 is 0. The van der Waals surface area contributed by atoms with Crippen LogP contribution in [0, 0.1) is 17.8 Å². The van der Waals surface area contributed by atoms with Gasteiger partial charge < -0.3 is 10.2 Å². The topological polar surface area (TPSA) is 49.4 Å². The molecule has 2 fully saturated rings. The molecule has 4 nitrogen and oxygen atoms in total. The predicted molar refractivity (Wildman–Crippen MR) is 74.5 cm³/mol. The molecule has 1 saturated carbocycles. The summed E-state index contributed by atoms with van der Waals surface area (Å²) in [5, 5.41) is 2.83. The number of amides is 2. The first-order chi connectivity index (χ1) is 8.97. The van der Waals surface area contributed by atoms with Crippen molar-refractivity contribution in [2.75, 3.05) is 13.1 Å². The van der Waals surface area contributed by atoms with Crippen LogP contribution in [0.3, 0.4) is 0 Å². The average molecular weight is 266 g/mol. The minimum Gasteiger partial charge on any atom is -0.343 e. The van der Waals surface area contributed by atoms with Crippen LogP contribution in [0.4, 0.5) is 0 Å². The van der Waals surface area contributed by atoms with Gasteiger partial charge in [-0.2, -0.15) is 0 Å². The molecular formula is C15H26N2O2. The molecule has 0 aromatic carbocycles. The Morgan fingerprint density at radius 1 is 1.32 bits per heavy atom. The van der Waals surface area contributed by atoms with Crippen molar-refractivity contribution < 1.29 is 9.59 Å². The zero-order valence-corrected chi connectivity index (χ0v) is 12.3. The van der Waals surface area contributed by atoms with Crippen LogP contribution in [-0.2, 0) is 9.59 Å². The molecule has 2 aliphatic rings. The molecule has 3 unspecified atom stereocenters. The number of carbonyl (C=O) groups is 2. The molecule has 1 heterocycles. The summed E-state index contributed by atoms with van der Waals surface area (Å²) in [6, 6.07) is -0.307. The van der Waals surface area contributed by atoms with Gasteiger partial charge in [-0.05, 0) is 30.6 Å². The Hall–Kier alpha value is -1.06. The number of rotatable bonds is 4. The van der Waals surface area contributed by atoms with Gasteiger partial charge in [0, 0.05) is 6.54 Å². The summed E-state index contributed by atoms with van der Waals surface area (Å²) in [6.07, 6.45) is 4.45. The number of hydrogen-bond acceptors (Lipinski definition) is 2. The van der Waals surface area contributed by atoms with Gasteiger partial charge in [-0.25, -0.2) is 0 Å². The van der Waals surface area contributed by atoms with Crippen LogP contribution < -0.4 is 5.32 Å². The fraction of sp³-hybridized carbons (Fsp3) is 0.867. The highest BCUT2D eigenvalue weighted by Gasteiger charge is 2.35. The van der Waals surface area contributed by atoms with E-state index in [0.717, 1.165) is 13.0 Å². The van der Waals surface area contributed by atoms with Crippen molar-refractivity contribution in [3.05, 3.63) is 0 Å². The maximum absolute atomic E-state index is 12.4. The maximum Gasteiger partial charge on any atom is 0.245 e. The van der Waals surface area contributed by atoms with Crippen LogP contribution in [0.25, 0.3) is 0 Å². The van der Waals surface area contributed by atoms with E-state index < -0.39 is 0 Å². The first-order valence-corrected chi connectivity index (χ1v) is 7.55. The normalized spacial score (nSPS) is 32.0. The highest BCUT2D eigenvalue weighted by Crippen LogP contribution is 2.32. The SMILES string of the molecule is CC(C)CC1NC(=O)CN(CC2CCCC2C)C1=O. The Morgan fingerprint density at radius 3 is 2.63 bits per heavy atom. The molecule has 0 spiro atoms. The molecule has 0 radical (unpaired) electrons. The van der Waals surface area contributed by atoms with Gasteiger partial charge >= 0.3 is 0 Å². The lowest BCUT2D eigenvalue weighted by Crippen LogP contribution is -2.59. The van der Waals surface area contributed by atoms with E-state index in [0.29, 0.717) is 17.8 Å². The fourth-order valence-electron chi connectivity index (χ4n) is 3.34. The van der Waals surface area contributed by atoms with E-state index in [4.69, 9.17) is 0 Å². The van der Waals surface area contributed by atoms with Crippen LogP contribution >= 0.6 is 0 Å². The molecule has 2 rings (SSSR count). The van der Waals surface area contributed by atoms with Gasteiger partial charge in [-0.15, -0.1) is 0 Å². The summed E-state index contributed by atoms with van der Waals surface area (Å²) in [4.78, 5) is 26.0. The third-order valence-electron chi connectivity index (χ3n) is 4.48. The highest BCUT2D eigenvalue weighted by atomic mass is 16.2. The third-order valence-corrected chi connectivity index (χ3v) is 4.48. The zero-order valence-electron chi connectivity index (χ0n) is 12.3. The molecule has 2 amide bonds. The van der Waals surface area contributed by atoms with Crippen LogP contribution in [0.2, 0.25) is 0 Å². The summed E-state index contributed by atoms with van der Waals surface area (Å²) in [5.74, 6) is 1.79. The standard InChI is InChI=1S/C15H26N2O2/c1-10(2)7-13-15(19)17(9-14(18)16-13)8-12-6-4-5-11(12)3/h10-13H,4-9H2,1-3H3,(H,16,18). The molecule has 1 saturated heterocycles. The second-order valence-electron chi connectivity index (χ2n) is 6.64. The number of nitrogens with one attached hydrogen (secondary N) is 1. The van der Waals surface area contributed by atoms with Gasteiger partial charge in [0.1, 0.15) is 6.04 Å². The molecule has 0 aromatic heterocycles. The Morgan fingerprint density at radius 2 is 2.05 bits per heavy atom. The van der Waals surface area contributed by atoms with Crippen molar-refractivity contribution in [3.8, 4) is 0 Å². The molecule has 1 aliphatic carbocycles. The van der Waals surface area contributed by atoms with Crippen LogP contribution in [0.5, 0.6) is 0 Å². The van der Waals surface area contributed by atoms with E-state index >= 15 is 0 Å². The van der Waals surface area contributed by atoms with Crippen molar-refractivity contribution in [1.29, 1.82) is 0 Å². The second kappa shape index (κ2) is 5.93. The van der Waals surface area contributed by atoms with Gasteiger partial charge in [0.2, 0.25) is 11.8 Å². The van der Waals surface area contributed by atoms with Gasteiger partial charge in [0.15, 0.2) is 0 Å². The highest BCUT2D eigenvalue weighted by molar-refractivity contribution is 5.94. The number of hydrogen-bond donors (Lipinski definition) is 1. The maximum atomic E-state index is 12.4. The van der Waals surface area contributed by atoms with Crippen molar-refractivity contribution in [2.24, 2.45) is 17.8 Å². The molecule has 1 N–H and O–H groups in total. The van der Waals surface area contributed by atoms with Crippen molar-refractivity contribution in [2.45, 2.75) is 52.5 Å². The van der Waals surface area contributed by atoms with E-state index in [1.165, 1.54) is 19.3 Å². The number of piperazine rings is 1. The largest absolute Gasteiger partial charge is 0.343 e. The minimum atomic E-state index is -0.307. The van der Waals surface area contributed by atoms with Crippen LogP contribution in [0.1, 0.15) is 46.5 Å². The summed E-state index contributed by atoms with van der Waals surface area (Å²) in [7, 11) is 0. The summed E-state index contributed by atoms with van der Waals surface area (Å²) in [6.45, 7) is 7.44. The van der Waals surface area contributed by atoms with E-state index in [-0.39, 0.29) is 24.4 Å². The molecule has 0 aromatic rings. The third kappa shape index (κ3) is 3.48. The van der Waals surface area contributed by atoms with Crippen molar-refractivity contribution >= 4 is 11.8 Å². The number of nitrogens with zero attached hydrogens (tertiary/aromatic N) is 1. The summed E-state index contributed by atoms with van der Waals surface area (Å²) in [5.41, 5.74) is 0. The smallest absolute Gasteiger partial charge is 0.245 e. The zero-order chi connectivity index (χ0) is 14.0. The first-order valence-electron chi connectivity index (χ1n) is 7.55. The molecular weight excluding hydrogens is 240 g/mol. The minimum absolute atomic E-state index is 0.00380. The monoisotopic (exact) mass is 266 g/mol. The van der Waals surface area contributed by atoms with Crippen LogP contribution in [-0.4, -0.2) is 35.8 Å². The predicted octanol–water partition coefficient (Wildman–Crippen LogP) is 1.80. The lowest BCUT2D eigenvalue weighted by molar-refractivity contribution is -0.145. The van der Waals surface area contributed by atoms with Gasteiger partial charge in [0.25, 0.3) is 0 Å². The number of carbonyl (C=O) groups excluding carboxylic acids is 2. The molecule has 3 atom stereocenters. The molecule has 108 valence electrons. The van der Waals surface area contributed by atoms with Gasteiger partial charge in [0.05, 0.1) is 6.54 Å². The average Bonchev–Trinajstić information content (AvgIpc) is 2.70. The van der Waals surface area contributed by atoms with E-state index in [1.54, 1.807) is 4.90 Å². The van der Waals surface area contributed by atoms with E-state index in [1.807, 2.05) is 0 Å². The van der Waals surface area contributed by atoms with Crippen LogP contribution in [0.15, 0.2) is 0 Å². The molecule has 0 bridgehead atoms. The second-order valence-corrected chi connectivity index (χ2v) is 6.64. The fourth-order valence-corrected chi connectivity index (χ4v) is 3.34. The first kappa shape index (κ1) is 14.4. The molecule has 1 aliphatic heterocycles. The Balaban J connectivity index is 1.98. The van der Waals surface area contributed by atoms with E-state index in [9.17, 15) is 9.59 Å². The molecule has 4 heteroatoms. The van der Waals surface area contributed by atoms with Crippen molar-refractivity contribution in [1.82, 2.24) is 10.2 Å². The Kier molecular flexibility index (Phi) is 4.48. The van der Waals surface area contributed by atoms with E-state index in [2.05, 4.69) is 26.1 Å². The lowest BCUT2D eigenvalue weighted by Gasteiger charge is -2.35. The quantitative estimate of drug-likeness (QED) is 0.843. The Bertz CT molecular complexity index is 354. The van der Waals surface area contributed by atoms with Gasteiger partial charge in [-0.1, -0.05) is 33.6 Å². The van der Waals surface area contributed by atoms with Gasteiger partial charge in [-0.3, -0.25) is 9.59 Å². The van der Waals surface area contributed by atoms with Crippen molar-refractivity contribution in [3.63, 3.8) is 0 Å². The summed E-state index contributed by atoms with van der Waals surface area (Å²) < 4.78 is 0. The Labute approximate surface area is 115 Å². The lowest BCUT2D eigenvalue weighted by atomic mass is 9.95. The molecule has 19 heavy (non-hydrogen) atoms.